The summed E-state index contributed by atoms with van der Waals surface area (Å²) in [4.78, 5) is 17.1. The molecule has 0 aliphatic rings. The van der Waals surface area contributed by atoms with Gasteiger partial charge in [-0.1, -0.05) is 36.0 Å². The number of pyridine rings is 1. The van der Waals surface area contributed by atoms with E-state index in [-0.39, 0.29) is 11.2 Å². The van der Waals surface area contributed by atoms with E-state index in [1.807, 2.05) is 49.4 Å². The second-order valence-corrected chi connectivity index (χ2v) is 7.14. The fourth-order valence-corrected chi connectivity index (χ4v) is 3.48. The van der Waals surface area contributed by atoms with E-state index in [0.717, 1.165) is 27.2 Å². The van der Waals surface area contributed by atoms with E-state index < -0.39 is 0 Å². The van der Waals surface area contributed by atoms with Gasteiger partial charge in [-0.15, -0.1) is 0 Å². The highest BCUT2D eigenvalue weighted by molar-refractivity contribution is 8.00. The minimum atomic E-state index is -0.265. The van der Waals surface area contributed by atoms with Crippen molar-refractivity contribution in [3.63, 3.8) is 0 Å². The van der Waals surface area contributed by atoms with Crippen molar-refractivity contribution in [3.8, 4) is 5.75 Å². The molecular formula is C20H20N2O2S. The number of anilines is 1. The number of fused-ring (bicyclic) bond motifs is 1. The van der Waals surface area contributed by atoms with Crippen LogP contribution in [0, 0.1) is 6.92 Å². The van der Waals surface area contributed by atoms with Crippen LogP contribution >= 0.6 is 11.8 Å². The molecule has 0 spiro atoms. The van der Waals surface area contributed by atoms with E-state index in [1.54, 1.807) is 13.2 Å². The Kier molecular flexibility index (Phi) is 5.24. The zero-order chi connectivity index (χ0) is 17.8. The van der Waals surface area contributed by atoms with Crippen molar-refractivity contribution >= 4 is 34.3 Å². The molecule has 5 heteroatoms. The van der Waals surface area contributed by atoms with Crippen LogP contribution < -0.4 is 10.1 Å². The van der Waals surface area contributed by atoms with Crippen molar-refractivity contribution in [1.82, 2.24) is 4.98 Å². The Bertz CT molecular complexity index is 911. The third kappa shape index (κ3) is 4.12. The summed E-state index contributed by atoms with van der Waals surface area (Å²) >= 11 is 1.46. The lowest BCUT2D eigenvalue weighted by Crippen LogP contribution is -2.22. The van der Waals surface area contributed by atoms with Gasteiger partial charge in [0.15, 0.2) is 0 Å². The molecule has 0 fully saturated rings. The molecular weight excluding hydrogens is 332 g/mol. The number of nitrogens with zero attached hydrogens (tertiary/aromatic N) is 1. The molecule has 0 aliphatic carbocycles. The Hall–Kier alpha value is -2.53. The van der Waals surface area contributed by atoms with Crippen LogP contribution in [0.1, 0.15) is 12.5 Å². The Morgan fingerprint density at radius 1 is 1.16 bits per heavy atom. The highest BCUT2D eigenvalue weighted by atomic mass is 32.2. The van der Waals surface area contributed by atoms with E-state index in [0.29, 0.717) is 5.75 Å². The molecule has 0 saturated heterocycles. The molecule has 2 aromatic carbocycles. The maximum atomic E-state index is 12.5. The number of carbonyl (C=O) groups excluding carboxylic acids is 1. The molecule has 1 aromatic heterocycles. The molecule has 3 aromatic rings. The Balaban J connectivity index is 1.73. The number of amides is 1. The normalized spacial score (nSPS) is 12.0. The average Bonchev–Trinajstić information content (AvgIpc) is 2.62. The quantitative estimate of drug-likeness (QED) is 0.678. The van der Waals surface area contributed by atoms with Gasteiger partial charge in [0, 0.05) is 17.1 Å². The number of ether oxygens (including phenoxy) is 1. The number of benzene rings is 2. The van der Waals surface area contributed by atoms with Gasteiger partial charge in [-0.2, -0.15) is 0 Å². The van der Waals surface area contributed by atoms with Gasteiger partial charge in [-0.25, -0.2) is 4.98 Å². The molecule has 0 aliphatic heterocycles. The lowest BCUT2D eigenvalue weighted by molar-refractivity contribution is -0.115. The van der Waals surface area contributed by atoms with Gasteiger partial charge < -0.3 is 10.1 Å². The van der Waals surface area contributed by atoms with Gasteiger partial charge in [0.2, 0.25) is 5.91 Å². The van der Waals surface area contributed by atoms with Crippen LogP contribution in [0.15, 0.2) is 59.6 Å². The van der Waals surface area contributed by atoms with E-state index in [9.17, 15) is 4.79 Å². The number of thioether (sulfide) groups is 1. The molecule has 1 atom stereocenters. The number of nitrogens with one attached hydrogen (secondary N) is 1. The Morgan fingerprint density at radius 2 is 1.96 bits per heavy atom. The van der Waals surface area contributed by atoms with Crippen molar-refractivity contribution < 1.29 is 9.53 Å². The predicted molar refractivity (Wildman–Crippen MR) is 103 cm³/mol. The maximum absolute atomic E-state index is 12.5. The summed E-state index contributed by atoms with van der Waals surface area (Å²) in [6, 6.07) is 17.4. The topological polar surface area (TPSA) is 51.2 Å². The maximum Gasteiger partial charge on any atom is 0.237 e. The third-order valence-electron chi connectivity index (χ3n) is 3.90. The summed E-state index contributed by atoms with van der Waals surface area (Å²) in [7, 11) is 1.60. The van der Waals surface area contributed by atoms with Crippen molar-refractivity contribution in [2.75, 3.05) is 12.4 Å². The minimum absolute atomic E-state index is 0.0640. The Morgan fingerprint density at radius 3 is 2.76 bits per heavy atom. The Labute approximate surface area is 151 Å². The number of para-hydroxylation sites is 1. The number of aromatic nitrogens is 1. The van der Waals surface area contributed by atoms with Crippen LogP contribution in [0.5, 0.6) is 5.75 Å². The van der Waals surface area contributed by atoms with Gasteiger partial charge in [-0.05, 0) is 43.7 Å². The molecule has 0 saturated carbocycles. The van der Waals surface area contributed by atoms with Crippen LogP contribution in [0.4, 0.5) is 5.69 Å². The summed E-state index contributed by atoms with van der Waals surface area (Å²) in [5.41, 5.74) is 2.83. The van der Waals surface area contributed by atoms with Crippen LogP contribution in [-0.4, -0.2) is 23.3 Å². The summed E-state index contributed by atoms with van der Waals surface area (Å²) in [6.45, 7) is 3.95. The van der Waals surface area contributed by atoms with E-state index in [4.69, 9.17) is 4.74 Å². The highest BCUT2D eigenvalue weighted by Gasteiger charge is 2.16. The molecule has 0 radical (unpaired) electrons. The SMILES string of the molecule is COc1cccc(NC(=O)C(C)Sc2cc(C)c3ccccc3n2)c1. The summed E-state index contributed by atoms with van der Waals surface area (Å²) in [5.74, 6) is 0.649. The number of methoxy groups -OCH3 is 1. The molecule has 25 heavy (non-hydrogen) atoms. The van der Waals surface area contributed by atoms with Crippen LogP contribution in [0.3, 0.4) is 0 Å². The number of rotatable bonds is 5. The first kappa shape index (κ1) is 17.3. The standard InChI is InChI=1S/C20H20N2O2S/c1-13-11-19(22-18-10-5-4-9-17(13)18)25-14(2)20(23)21-15-7-6-8-16(12-15)24-3/h4-12,14H,1-3H3,(H,21,23). The smallest absolute Gasteiger partial charge is 0.237 e. The van der Waals surface area contributed by atoms with Crippen molar-refractivity contribution in [1.29, 1.82) is 0 Å². The molecule has 3 rings (SSSR count). The zero-order valence-corrected chi connectivity index (χ0v) is 15.3. The summed E-state index contributed by atoms with van der Waals surface area (Å²) in [6.07, 6.45) is 0. The molecule has 1 unspecified atom stereocenters. The fraction of sp³-hybridized carbons (Fsp3) is 0.200. The van der Waals surface area contributed by atoms with Gasteiger partial charge in [0.25, 0.3) is 0 Å². The van der Waals surface area contributed by atoms with Gasteiger partial charge in [-0.3, -0.25) is 4.79 Å². The van der Waals surface area contributed by atoms with Crippen LogP contribution in [-0.2, 0) is 4.79 Å². The number of hydrogen-bond acceptors (Lipinski definition) is 4. The van der Waals surface area contributed by atoms with E-state index in [1.165, 1.54) is 11.8 Å². The number of carbonyl (C=O) groups is 1. The molecule has 1 amide bonds. The minimum Gasteiger partial charge on any atom is -0.497 e. The van der Waals surface area contributed by atoms with Gasteiger partial charge in [0.05, 0.1) is 22.9 Å². The second kappa shape index (κ2) is 7.57. The summed E-state index contributed by atoms with van der Waals surface area (Å²) in [5, 5.41) is 4.65. The van der Waals surface area contributed by atoms with Gasteiger partial charge in [0.1, 0.15) is 5.75 Å². The molecule has 0 bridgehead atoms. The molecule has 1 heterocycles. The number of aryl methyl sites for hydroxylation is 1. The lowest BCUT2D eigenvalue weighted by Gasteiger charge is -2.13. The highest BCUT2D eigenvalue weighted by Crippen LogP contribution is 2.27. The third-order valence-corrected chi connectivity index (χ3v) is 4.92. The fourth-order valence-electron chi connectivity index (χ4n) is 2.56. The van der Waals surface area contributed by atoms with E-state index in [2.05, 4.69) is 23.3 Å². The van der Waals surface area contributed by atoms with Crippen LogP contribution in [0.25, 0.3) is 10.9 Å². The largest absolute Gasteiger partial charge is 0.497 e. The number of hydrogen-bond donors (Lipinski definition) is 1. The predicted octanol–water partition coefficient (Wildman–Crippen LogP) is 4.67. The lowest BCUT2D eigenvalue weighted by atomic mass is 10.1. The van der Waals surface area contributed by atoms with E-state index >= 15 is 0 Å². The molecule has 4 nitrogen and oxygen atoms in total. The monoisotopic (exact) mass is 352 g/mol. The van der Waals surface area contributed by atoms with Crippen molar-refractivity contribution in [2.24, 2.45) is 0 Å². The molecule has 128 valence electrons. The van der Waals surface area contributed by atoms with Crippen LogP contribution in [0.2, 0.25) is 0 Å². The summed E-state index contributed by atoms with van der Waals surface area (Å²) < 4.78 is 5.18. The van der Waals surface area contributed by atoms with Crippen molar-refractivity contribution in [3.05, 3.63) is 60.2 Å². The second-order valence-electron chi connectivity index (χ2n) is 5.78. The first-order valence-electron chi connectivity index (χ1n) is 8.05. The average molecular weight is 352 g/mol. The zero-order valence-electron chi connectivity index (χ0n) is 14.4. The van der Waals surface area contributed by atoms with Gasteiger partial charge >= 0.3 is 0 Å². The molecule has 1 N–H and O–H groups in total. The first-order chi connectivity index (χ1) is 12.1. The van der Waals surface area contributed by atoms with Crippen molar-refractivity contribution in [2.45, 2.75) is 24.1 Å². The first-order valence-corrected chi connectivity index (χ1v) is 8.93.